The van der Waals surface area contributed by atoms with Gasteiger partial charge < -0.3 is 4.42 Å². The second-order valence-electron chi connectivity index (χ2n) is 10.4. The zero-order valence-corrected chi connectivity index (χ0v) is 24.5. The SMILES string of the molecule is [2H]c1c([2H])c([2H])c(-c2nc3c([2H])c([2H])c(-c4nc(-c5c([2H])c([2H])c6c(oc7c([2H])c([2H])c([2H])c([2H])c76)c5[2H])nc(-n5c6ccccc6c6ccccc65)n4)c([2H])c3s2)c([2H])c1[2H]. The van der Waals surface area contributed by atoms with Gasteiger partial charge in [-0.05, 0) is 48.4 Å². The van der Waals surface area contributed by atoms with Crippen molar-refractivity contribution >= 4 is 65.3 Å². The molecule has 10 rings (SSSR count). The van der Waals surface area contributed by atoms with Crippen LogP contribution < -0.4 is 0 Å². The molecule has 0 spiro atoms. The first-order chi connectivity index (χ1) is 29.5. The molecule has 0 aliphatic carbocycles. The van der Waals surface area contributed by atoms with Crippen molar-refractivity contribution in [1.82, 2.24) is 24.5 Å². The van der Waals surface area contributed by atoms with E-state index < -0.39 is 90.6 Å². The molecule has 0 saturated carbocycles. The smallest absolute Gasteiger partial charge is 0.238 e. The molecule has 0 aliphatic heterocycles. The highest BCUT2D eigenvalue weighted by atomic mass is 32.1. The van der Waals surface area contributed by atoms with Gasteiger partial charge in [0.05, 0.1) is 41.8 Å². The molecule has 10 aromatic rings. The molecule has 47 heavy (non-hydrogen) atoms. The number of aromatic nitrogens is 5. The minimum Gasteiger partial charge on any atom is -0.456 e. The second kappa shape index (κ2) is 10.2. The number of furan rings is 1. The summed E-state index contributed by atoms with van der Waals surface area (Å²) in [4.78, 5) is 18.6. The highest BCUT2D eigenvalue weighted by Crippen LogP contribution is 2.36. The molecule has 6 aromatic carbocycles. The summed E-state index contributed by atoms with van der Waals surface area (Å²) in [7, 11) is 0. The zero-order valence-electron chi connectivity index (χ0n) is 38.7. The Morgan fingerprint density at radius 3 is 2.00 bits per heavy atom. The molecule has 0 saturated heterocycles. The fourth-order valence-corrected chi connectivity index (χ4v) is 6.45. The summed E-state index contributed by atoms with van der Waals surface area (Å²) in [6.45, 7) is 0. The maximum Gasteiger partial charge on any atom is 0.238 e. The molecule has 6 nitrogen and oxygen atoms in total. The largest absolute Gasteiger partial charge is 0.456 e. The van der Waals surface area contributed by atoms with Gasteiger partial charge in [-0.15, -0.1) is 11.3 Å². The summed E-state index contributed by atoms with van der Waals surface area (Å²) >= 11 is 0.780. The van der Waals surface area contributed by atoms with Crippen LogP contribution in [-0.4, -0.2) is 24.5 Å². The lowest BCUT2D eigenvalue weighted by Crippen LogP contribution is -2.06. The highest BCUT2D eigenvalue weighted by molar-refractivity contribution is 7.21. The molecule has 0 amide bonds. The number of fused-ring (bicyclic) bond motifs is 7. The van der Waals surface area contributed by atoms with Crippen molar-refractivity contribution in [3.05, 3.63) is 139 Å². The van der Waals surface area contributed by atoms with Crippen LogP contribution in [0.25, 0.3) is 93.3 Å². The van der Waals surface area contributed by atoms with E-state index in [0.717, 1.165) is 22.1 Å². The number of rotatable bonds is 4. The third-order valence-corrected chi connectivity index (χ3v) is 8.61. The molecule has 0 N–H and O–H groups in total. The Labute approximate surface area is 293 Å². The number of hydrogen-bond acceptors (Lipinski definition) is 6. The van der Waals surface area contributed by atoms with Crippen LogP contribution in [0.5, 0.6) is 0 Å². The Morgan fingerprint density at radius 1 is 0.553 bits per heavy atom. The number of thiazole rings is 1. The van der Waals surface area contributed by atoms with E-state index in [4.69, 9.17) is 29.5 Å². The van der Waals surface area contributed by atoms with Gasteiger partial charge in [0.15, 0.2) is 11.6 Å². The topological polar surface area (TPSA) is 69.6 Å². The molecule has 7 heteroatoms. The van der Waals surface area contributed by atoms with Crippen LogP contribution in [-0.2, 0) is 0 Å². The molecule has 0 fully saturated rings. The predicted octanol–water partition coefficient (Wildman–Crippen LogP) is 10.5. The van der Waals surface area contributed by atoms with Gasteiger partial charge in [0, 0.05) is 38.2 Å². The molecule has 4 aromatic heterocycles. The molecule has 0 atom stereocenters. The van der Waals surface area contributed by atoms with Crippen LogP contribution in [0.15, 0.2) is 144 Å². The van der Waals surface area contributed by atoms with E-state index in [9.17, 15) is 5.48 Å². The summed E-state index contributed by atoms with van der Waals surface area (Å²) in [5.74, 6) is -0.803. The summed E-state index contributed by atoms with van der Waals surface area (Å²) < 4.78 is 138. The number of nitrogens with zero attached hydrogens (tertiary/aromatic N) is 5. The van der Waals surface area contributed by atoms with E-state index in [0.29, 0.717) is 11.0 Å². The molecule has 4 heterocycles. The van der Waals surface area contributed by atoms with Crippen LogP contribution in [0.3, 0.4) is 0 Å². The fraction of sp³-hybridized carbons (Fsp3) is 0. The van der Waals surface area contributed by atoms with Gasteiger partial charge in [-0.25, -0.2) is 9.97 Å². The Morgan fingerprint density at radius 2 is 1.21 bits per heavy atom. The van der Waals surface area contributed by atoms with Gasteiger partial charge in [-0.3, -0.25) is 4.57 Å². The van der Waals surface area contributed by atoms with Crippen LogP contribution in [0, 0.1) is 0 Å². The van der Waals surface area contributed by atoms with Gasteiger partial charge in [-0.2, -0.15) is 9.97 Å². The number of hydrogen-bond donors (Lipinski definition) is 0. The third-order valence-electron chi connectivity index (χ3n) is 7.62. The predicted molar refractivity (Wildman–Crippen MR) is 191 cm³/mol. The second-order valence-corrected chi connectivity index (χ2v) is 11.4. The molecule has 0 radical (unpaired) electrons. The zero-order chi connectivity index (χ0) is 44.0. The van der Waals surface area contributed by atoms with E-state index >= 15 is 0 Å². The summed E-state index contributed by atoms with van der Waals surface area (Å²) in [6, 6.07) is 6.55. The number of benzene rings is 6. The first-order valence-corrected chi connectivity index (χ1v) is 15.0. The highest BCUT2D eigenvalue weighted by Gasteiger charge is 2.19. The Kier molecular flexibility index (Phi) is 3.33. The minimum atomic E-state index is -0.609. The van der Waals surface area contributed by atoms with Gasteiger partial charge in [0.2, 0.25) is 5.95 Å². The molecule has 0 aliphatic rings. The fourth-order valence-electron chi connectivity index (χ4n) is 5.57. The first-order valence-electron chi connectivity index (χ1n) is 21.7. The van der Waals surface area contributed by atoms with Gasteiger partial charge in [0.25, 0.3) is 0 Å². The quantitative estimate of drug-likeness (QED) is 0.192. The lowest BCUT2D eigenvalue weighted by molar-refractivity contribution is 0.669. The Bertz CT molecular complexity index is 3600. The van der Waals surface area contributed by atoms with E-state index in [2.05, 4.69) is 9.97 Å². The standard InChI is InChI=1S/C40H23N5OS/c1-2-10-24(11-3-1)39-41-31-21-19-26(23-36(31)47-39)38-42-37(25-18-20-30-29-14-6-9-17-34(29)46-35(30)22-25)43-40(44-38)45-32-15-7-4-12-27(32)28-13-5-8-16-33(28)45/h1-23H/i1D,2D,3D,6D,9D,10D,11D,14D,17D,18D,19D,20D,21D,22D,23D. The molecular weight excluding hydrogens is 599 g/mol. The third kappa shape index (κ3) is 4.17. The molecule has 0 bridgehead atoms. The molecule has 0 unspecified atom stereocenters. The van der Waals surface area contributed by atoms with Crippen molar-refractivity contribution in [2.24, 2.45) is 0 Å². The maximum absolute atomic E-state index is 9.44. The minimum absolute atomic E-state index is 0.0163. The van der Waals surface area contributed by atoms with E-state index in [1.807, 2.05) is 36.4 Å². The van der Waals surface area contributed by atoms with Crippen molar-refractivity contribution in [1.29, 1.82) is 0 Å². The van der Waals surface area contributed by atoms with Crippen molar-refractivity contribution in [2.75, 3.05) is 0 Å². The Hall–Kier alpha value is -6.18. The average molecular weight is 637 g/mol. The monoisotopic (exact) mass is 636 g/mol. The van der Waals surface area contributed by atoms with Gasteiger partial charge in [-0.1, -0.05) is 90.8 Å². The van der Waals surface area contributed by atoms with E-state index in [-0.39, 0.29) is 71.5 Å². The van der Waals surface area contributed by atoms with Gasteiger partial charge in [0.1, 0.15) is 16.2 Å². The van der Waals surface area contributed by atoms with Crippen molar-refractivity contribution in [3.8, 4) is 39.3 Å². The van der Waals surface area contributed by atoms with Crippen molar-refractivity contribution in [2.45, 2.75) is 0 Å². The van der Waals surface area contributed by atoms with E-state index in [1.54, 1.807) is 16.7 Å². The summed E-state index contributed by atoms with van der Waals surface area (Å²) in [5.41, 5.74) is -0.407. The maximum atomic E-state index is 9.44. The Balaban J connectivity index is 1.30. The van der Waals surface area contributed by atoms with E-state index in [1.165, 1.54) is 0 Å². The van der Waals surface area contributed by atoms with Crippen LogP contribution in [0.4, 0.5) is 0 Å². The van der Waals surface area contributed by atoms with Crippen LogP contribution >= 0.6 is 11.3 Å². The van der Waals surface area contributed by atoms with Gasteiger partial charge >= 0.3 is 0 Å². The lowest BCUT2D eigenvalue weighted by Gasteiger charge is -2.11. The van der Waals surface area contributed by atoms with Crippen molar-refractivity contribution in [3.63, 3.8) is 0 Å². The normalized spacial score (nSPS) is 16.3. The lowest BCUT2D eigenvalue weighted by atomic mass is 10.1. The summed E-state index contributed by atoms with van der Waals surface area (Å²) in [5, 5.41) is 1.18. The first kappa shape index (κ1) is 15.4. The average Bonchev–Trinajstić information content (AvgIpc) is 3.98. The number of para-hydroxylation sites is 3. The molecule has 220 valence electrons. The van der Waals surface area contributed by atoms with Crippen LogP contribution in [0.2, 0.25) is 0 Å². The summed E-state index contributed by atoms with van der Waals surface area (Å²) in [6.07, 6.45) is 0. The van der Waals surface area contributed by atoms with Crippen LogP contribution in [0.1, 0.15) is 20.6 Å². The van der Waals surface area contributed by atoms with Crippen molar-refractivity contribution < 1.29 is 25.0 Å². The molecular formula is C40H23N5OS.